The third kappa shape index (κ3) is 2.41. The van der Waals surface area contributed by atoms with Crippen molar-refractivity contribution in [2.45, 2.75) is 32.4 Å². The van der Waals surface area contributed by atoms with Crippen molar-refractivity contribution in [3.05, 3.63) is 36.5 Å². The number of carbonyl (C=O) groups excluding carboxylic acids is 1. The van der Waals surface area contributed by atoms with Crippen LogP contribution in [0.1, 0.15) is 31.6 Å². The third-order valence-electron chi connectivity index (χ3n) is 3.59. The van der Waals surface area contributed by atoms with Gasteiger partial charge in [-0.2, -0.15) is 5.10 Å². The third-order valence-corrected chi connectivity index (χ3v) is 3.59. The molecule has 1 N–H and O–H groups in total. The van der Waals surface area contributed by atoms with E-state index in [4.69, 9.17) is 4.42 Å². The van der Waals surface area contributed by atoms with Gasteiger partial charge in [-0.05, 0) is 31.9 Å². The van der Waals surface area contributed by atoms with Gasteiger partial charge in [0.15, 0.2) is 0 Å². The first-order chi connectivity index (χ1) is 9.78. The summed E-state index contributed by atoms with van der Waals surface area (Å²) >= 11 is 0. The Morgan fingerprint density at radius 1 is 1.60 bits per heavy atom. The molecule has 3 heterocycles. The molecule has 1 atom stereocenters. The van der Waals surface area contributed by atoms with E-state index in [0.717, 1.165) is 37.4 Å². The summed E-state index contributed by atoms with van der Waals surface area (Å²) in [5, 5.41) is 7.04. The van der Waals surface area contributed by atoms with E-state index < -0.39 is 0 Å². The molecule has 0 spiro atoms. The van der Waals surface area contributed by atoms with Crippen molar-refractivity contribution in [1.29, 1.82) is 0 Å². The van der Waals surface area contributed by atoms with Gasteiger partial charge >= 0.3 is 6.03 Å². The van der Waals surface area contributed by atoms with Crippen molar-refractivity contribution in [3.8, 4) is 0 Å². The lowest BCUT2D eigenvalue weighted by molar-refractivity contribution is 0.200. The van der Waals surface area contributed by atoms with Crippen LogP contribution >= 0.6 is 0 Å². The standard InChI is InChI=1S/C14H18N4O2/c1-2-17-10-11(9-15-17)16-14(19)18-7-3-5-12(18)13-6-4-8-20-13/h4,6,8-10,12H,2-3,5,7H2,1H3,(H,16,19). The van der Waals surface area contributed by atoms with E-state index in [1.807, 2.05) is 30.2 Å². The highest BCUT2D eigenvalue weighted by Crippen LogP contribution is 2.32. The Bertz CT molecular complexity index is 576. The molecule has 2 aromatic rings. The normalized spacial score (nSPS) is 18.4. The quantitative estimate of drug-likeness (QED) is 0.936. The average molecular weight is 274 g/mol. The maximum atomic E-state index is 12.4. The molecule has 20 heavy (non-hydrogen) atoms. The number of carbonyl (C=O) groups is 1. The van der Waals surface area contributed by atoms with Gasteiger partial charge in [-0.15, -0.1) is 0 Å². The first-order valence-electron chi connectivity index (χ1n) is 6.91. The predicted molar refractivity (Wildman–Crippen MR) is 74.3 cm³/mol. The maximum absolute atomic E-state index is 12.4. The number of furan rings is 1. The van der Waals surface area contributed by atoms with Crippen molar-refractivity contribution in [1.82, 2.24) is 14.7 Å². The van der Waals surface area contributed by atoms with Gasteiger partial charge in [0.2, 0.25) is 0 Å². The highest BCUT2D eigenvalue weighted by molar-refractivity contribution is 5.89. The molecule has 1 fully saturated rings. The second-order valence-corrected chi connectivity index (χ2v) is 4.88. The number of rotatable bonds is 3. The van der Waals surface area contributed by atoms with E-state index in [0.29, 0.717) is 0 Å². The van der Waals surface area contributed by atoms with Gasteiger partial charge in [-0.1, -0.05) is 0 Å². The van der Waals surface area contributed by atoms with Crippen LogP contribution in [0.15, 0.2) is 35.2 Å². The summed E-state index contributed by atoms with van der Waals surface area (Å²) in [4.78, 5) is 14.2. The van der Waals surface area contributed by atoms with E-state index in [2.05, 4.69) is 10.4 Å². The van der Waals surface area contributed by atoms with E-state index in [9.17, 15) is 4.79 Å². The zero-order valence-electron chi connectivity index (χ0n) is 11.5. The molecule has 0 radical (unpaired) electrons. The zero-order chi connectivity index (χ0) is 13.9. The fourth-order valence-electron chi connectivity index (χ4n) is 2.58. The number of aryl methyl sites for hydroxylation is 1. The summed E-state index contributed by atoms with van der Waals surface area (Å²) in [5.41, 5.74) is 0.724. The first-order valence-corrected chi connectivity index (χ1v) is 6.91. The minimum atomic E-state index is -0.0976. The Hall–Kier alpha value is -2.24. The number of hydrogen-bond acceptors (Lipinski definition) is 3. The molecule has 1 saturated heterocycles. The molecule has 1 unspecified atom stereocenters. The number of aromatic nitrogens is 2. The van der Waals surface area contributed by atoms with E-state index in [1.165, 1.54) is 0 Å². The molecule has 0 bridgehead atoms. The molecular formula is C14H18N4O2. The zero-order valence-corrected chi connectivity index (χ0v) is 11.5. The van der Waals surface area contributed by atoms with Gasteiger partial charge in [0.1, 0.15) is 5.76 Å². The predicted octanol–water partition coefficient (Wildman–Crippen LogP) is 2.87. The summed E-state index contributed by atoms with van der Waals surface area (Å²) in [6, 6.07) is 3.71. The summed E-state index contributed by atoms with van der Waals surface area (Å²) in [5.74, 6) is 0.849. The molecular weight excluding hydrogens is 256 g/mol. The number of amides is 2. The smallest absolute Gasteiger partial charge is 0.322 e. The van der Waals surface area contributed by atoms with Crippen LogP contribution < -0.4 is 5.32 Å². The maximum Gasteiger partial charge on any atom is 0.322 e. The molecule has 6 nitrogen and oxygen atoms in total. The second kappa shape index (κ2) is 5.40. The highest BCUT2D eigenvalue weighted by Gasteiger charge is 2.31. The van der Waals surface area contributed by atoms with Crippen LogP contribution in [0.5, 0.6) is 0 Å². The van der Waals surface area contributed by atoms with Crippen molar-refractivity contribution in [2.24, 2.45) is 0 Å². The molecule has 3 rings (SSSR count). The summed E-state index contributed by atoms with van der Waals surface area (Å²) in [6.45, 7) is 3.54. The van der Waals surface area contributed by atoms with E-state index in [-0.39, 0.29) is 12.1 Å². The molecule has 0 aliphatic carbocycles. The van der Waals surface area contributed by atoms with E-state index in [1.54, 1.807) is 17.1 Å². The number of nitrogens with one attached hydrogen (secondary N) is 1. The van der Waals surface area contributed by atoms with Crippen LogP contribution in [0.4, 0.5) is 10.5 Å². The molecule has 1 aliphatic heterocycles. The van der Waals surface area contributed by atoms with Crippen LogP contribution in [0.25, 0.3) is 0 Å². The molecule has 0 saturated carbocycles. The van der Waals surface area contributed by atoms with Gasteiger partial charge in [0.25, 0.3) is 0 Å². The fraction of sp³-hybridized carbons (Fsp3) is 0.429. The summed E-state index contributed by atoms with van der Waals surface area (Å²) in [7, 11) is 0. The number of hydrogen-bond donors (Lipinski definition) is 1. The molecule has 0 aromatic carbocycles. The van der Waals surface area contributed by atoms with Gasteiger partial charge in [-0.3, -0.25) is 4.68 Å². The molecule has 6 heteroatoms. The molecule has 1 aliphatic rings. The molecule has 106 valence electrons. The van der Waals surface area contributed by atoms with Crippen molar-refractivity contribution in [2.75, 3.05) is 11.9 Å². The Morgan fingerprint density at radius 2 is 2.50 bits per heavy atom. The van der Waals surface area contributed by atoms with Gasteiger partial charge in [-0.25, -0.2) is 4.79 Å². The topological polar surface area (TPSA) is 63.3 Å². The van der Waals surface area contributed by atoms with Crippen molar-refractivity contribution < 1.29 is 9.21 Å². The van der Waals surface area contributed by atoms with Gasteiger partial charge in [0, 0.05) is 19.3 Å². The summed E-state index contributed by atoms with van der Waals surface area (Å²) in [6.07, 6.45) is 7.08. The number of anilines is 1. The second-order valence-electron chi connectivity index (χ2n) is 4.88. The lowest BCUT2D eigenvalue weighted by Gasteiger charge is -2.23. The van der Waals surface area contributed by atoms with Gasteiger partial charge < -0.3 is 14.6 Å². The van der Waals surface area contributed by atoms with Crippen LogP contribution in [-0.4, -0.2) is 27.3 Å². The summed E-state index contributed by atoms with van der Waals surface area (Å²) < 4.78 is 7.21. The first kappa shape index (κ1) is 12.8. The monoisotopic (exact) mass is 274 g/mol. The fourth-order valence-corrected chi connectivity index (χ4v) is 2.58. The molecule has 2 amide bonds. The number of nitrogens with zero attached hydrogens (tertiary/aromatic N) is 3. The Kier molecular flexibility index (Phi) is 3.45. The SMILES string of the molecule is CCn1cc(NC(=O)N2CCCC2c2ccco2)cn1. The lowest BCUT2D eigenvalue weighted by Crippen LogP contribution is -2.34. The lowest BCUT2D eigenvalue weighted by atomic mass is 10.2. The largest absolute Gasteiger partial charge is 0.467 e. The Morgan fingerprint density at radius 3 is 3.20 bits per heavy atom. The Labute approximate surface area is 117 Å². The highest BCUT2D eigenvalue weighted by atomic mass is 16.3. The molecule has 2 aromatic heterocycles. The number of urea groups is 1. The van der Waals surface area contributed by atoms with Crippen LogP contribution in [0.3, 0.4) is 0 Å². The van der Waals surface area contributed by atoms with E-state index >= 15 is 0 Å². The minimum absolute atomic E-state index is 0.0335. The van der Waals surface area contributed by atoms with Crippen LogP contribution in [-0.2, 0) is 6.54 Å². The average Bonchev–Trinajstić information content (AvgIpc) is 3.19. The van der Waals surface area contributed by atoms with Crippen molar-refractivity contribution in [3.63, 3.8) is 0 Å². The number of likely N-dealkylation sites (tertiary alicyclic amines) is 1. The van der Waals surface area contributed by atoms with Gasteiger partial charge in [0.05, 0.1) is 24.2 Å². The van der Waals surface area contributed by atoms with Crippen LogP contribution in [0, 0.1) is 0 Å². The minimum Gasteiger partial charge on any atom is -0.467 e. The Balaban J connectivity index is 1.70. The van der Waals surface area contributed by atoms with Crippen LogP contribution in [0.2, 0.25) is 0 Å². The van der Waals surface area contributed by atoms with Crippen molar-refractivity contribution >= 4 is 11.7 Å².